The van der Waals surface area contributed by atoms with E-state index in [0.717, 1.165) is 34.3 Å². The van der Waals surface area contributed by atoms with Gasteiger partial charge in [-0.1, -0.05) is 41.4 Å². The van der Waals surface area contributed by atoms with Gasteiger partial charge in [0.1, 0.15) is 0 Å². The Bertz CT molecular complexity index is 864. The third-order valence-electron chi connectivity index (χ3n) is 3.64. The van der Waals surface area contributed by atoms with Crippen LogP contribution in [0.5, 0.6) is 0 Å². The number of aryl methyl sites for hydroxylation is 3. The summed E-state index contributed by atoms with van der Waals surface area (Å²) in [6.45, 7) is 2.86. The number of hydrogen-bond acceptors (Lipinski definition) is 1. The van der Waals surface area contributed by atoms with Crippen molar-refractivity contribution in [1.29, 1.82) is 0 Å². The lowest BCUT2D eigenvalue weighted by atomic mass is 10.1. The molecule has 1 heterocycles. The van der Waals surface area contributed by atoms with Crippen LogP contribution in [0.4, 0.5) is 0 Å². The van der Waals surface area contributed by atoms with Crippen molar-refractivity contribution < 1.29 is 0 Å². The smallest absolute Gasteiger partial charge is 0.178 e. The highest BCUT2D eigenvalue weighted by atomic mass is 35.5. The van der Waals surface area contributed by atoms with Crippen LogP contribution >= 0.6 is 35.4 Å². The maximum Gasteiger partial charge on any atom is 0.178 e. The Morgan fingerprint density at radius 3 is 2.76 bits per heavy atom. The zero-order chi connectivity index (χ0) is 15.0. The molecule has 0 aliphatic heterocycles. The fourth-order valence-corrected chi connectivity index (χ4v) is 3.30. The van der Waals surface area contributed by atoms with Gasteiger partial charge in [0.15, 0.2) is 4.77 Å². The number of imidazole rings is 1. The van der Waals surface area contributed by atoms with Crippen molar-refractivity contribution >= 4 is 46.5 Å². The molecule has 0 atom stereocenters. The molecule has 0 amide bonds. The normalized spacial score (nSPS) is 11.2. The molecule has 1 aromatic heterocycles. The molecular formula is C16H14Cl2N2S. The largest absolute Gasteiger partial charge is 0.330 e. The number of H-pyrrole nitrogens is 1. The first-order valence-corrected chi connectivity index (χ1v) is 7.85. The first-order valence-electron chi connectivity index (χ1n) is 6.68. The van der Waals surface area contributed by atoms with Gasteiger partial charge in [-0.05, 0) is 54.9 Å². The van der Waals surface area contributed by atoms with Gasteiger partial charge in [-0.2, -0.15) is 0 Å². The number of benzene rings is 2. The predicted octanol–water partition coefficient (Wildman–Crippen LogP) is 5.56. The van der Waals surface area contributed by atoms with Crippen molar-refractivity contribution in [2.75, 3.05) is 0 Å². The number of aromatic amines is 1. The first kappa shape index (κ1) is 14.6. The van der Waals surface area contributed by atoms with Gasteiger partial charge in [0.25, 0.3) is 0 Å². The zero-order valence-electron chi connectivity index (χ0n) is 11.5. The average molecular weight is 337 g/mol. The molecule has 0 saturated heterocycles. The summed E-state index contributed by atoms with van der Waals surface area (Å²) in [5, 5.41) is 1.35. The lowest BCUT2D eigenvalue weighted by Crippen LogP contribution is -2.02. The van der Waals surface area contributed by atoms with Crippen molar-refractivity contribution in [1.82, 2.24) is 9.55 Å². The summed E-state index contributed by atoms with van der Waals surface area (Å²) >= 11 is 17.6. The van der Waals surface area contributed by atoms with E-state index in [4.69, 9.17) is 35.4 Å². The molecule has 0 radical (unpaired) electrons. The van der Waals surface area contributed by atoms with E-state index in [1.165, 1.54) is 5.56 Å². The Morgan fingerprint density at radius 2 is 2.00 bits per heavy atom. The van der Waals surface area contributed by atoms with Crippen molar-refractivity contribution in [2.24, 2.45) is 0 Å². The molecule has 0 aliphatic carbocycles. The van der Waals surface area contributed by atoms with Gasteiger partial charge in [0.2, 0.25) is 0 Å². The van der Waals surface area contributed by atoms with E-state index in [1.54, 1.807) is 6.07 Å². The SMILES string of the molecule is Cc1cccc2c1[nH]c(=S)n2CCc1ccc(Cl)cc1Cl. The number of para-hydroxylation sites is 1. The Morgan fingerprint density at radius 1 is 1.19 bits per heavy atom. The van der Waals surface area contributed by atoms with E-state index in [0.29, 0.717) is 10.0 Å². The fraction of sp³-hybridized carbons (Fsp3) is 0.188. The molecule has 0 unspecified atom stereocenters. The molecule has 0 spiro atoms. The van der Waals surface area contributed by atoms with Crippen LogP contribution in [0.3, 0.4) is 0 Å². The van der Waals surface area contributed by atoms with Gasteiger partial charge in [-0.15, -0.1) is 0 Å². The fourth-order valence-electron chi connectivity index (χ4n) is 2.50. The van der Waals surface area contributed by atoms with Gasteiger partial charge < -0.3 is 9.55 Å². The molecule has 0 aliphatic rings. The second kappa shape index (κ2) is 5.84. The summed E-state index contributed by atoms with van der Waals surface area (Å²) in [5.41, 5.74) is 4.50. The number of rotatable bonds is 3. The number of halogens is 2. The van der Waals surface area contributed by atoms with Crippen molar-refractivity contribution in [3.8, 4) is 0 Å². The Hall–Kier alpha value is -1.29. The van der Waals surface area contributed by atoms with E-state index in [9.17, 15) is 0 Å². The summed E-state index contributed by atoms with van der Waals surface area (Å²) in [7, 11) is 0. The van der Waals surface area contributed by atoms with Crippen molar-refractivity contribution in [3.05, 3.63) is 62.3 Å². The standard InChI is InChI=1S/C16H14Cl2N2S/c1-10-3-2-4-14-15(10)19-16(21)20(14)8-7-11-5-6-12(17)9-13(11)18/h2-6,9H,7-8H2,1H3,(H,19,21). The summed E-state index contributed by atoms with van der Waals surface area (Å²) in [4.78, 5) is 3.28. The summed E-state index contributed by atoms with van der Waals surface area (Å²) < 4.78 is 2.85. The molecule has 2 nitrogen and oxygen atoms in total. The molecule has 1 N–H and O–H groups in total. The highest BCUT2D eigenvalue weighted by molar-refractivity contribution is 7.71. The maximum absolute atomic E-state index is 6.23. The third-order valence-corrected chi connectivity index (χ3v) is 4.55. The number of aromatic nitrogens is 2. The number of nitrogens with one attached hydrogen (secondary N) is 1. The Labute approximate surface area is 138 Å². The molecule has 21 heavy (non-hydrogen) atoms. The highest BCUT2D eigenvalue weighted by Gasteiger charge is 2.07. The zero-order valence-corrected chi connectivity index (χ0v) is 13.8. The van der Waals surface area contributed by atoms with Crippen LogP contribution in [0.2, 0.25) is 10.0 Å². The van der Waals surface area contributed by atoms with Crippen LogP contribution in [0.25, 0.3) is 11.0 Å². The highest BCUT2D eigenvalue weighted by Crippen LogP contribution is 2.23. The van der Waals surface area contributed by atoms with E-state index >= 15 is 0 Å². The topological polar surface area (TPSA) is 20.7 Å². The van der Waals surface area contributed by atoms with Crippen LogP contribution in [0, 0.1) is 11.7 Å². The summed E-state index contributed by atoms with van der Waals surface area (Å²) in [6, 6.07) is 11.8. The second-order valence-electron chi connectivity index (χ2n) is 5.04. The van der Waals surface area contributed by atoms with Gasteiger partial charge >= 0.3 is 0 Å². The third kappa shape index (κ3) is 2.86. The minimum absolute atomic E-state index is 0.656. The number of fused-ring (bicyclic) bond motifs is 1. The van der Waals surface area contributed by atoms with Gasteiger partial charge in [0.05, 0.1) is 11.0 Å². The van der Waals surface area contributed by atoms with Crippen molar-refractivity contribution in [2.45, 2.75) is 19.9 Å². The Balaban J connectivity index is 1.94. The molecular weight excluding hydrogens is 323 g/mol. The first-order chi connectivity index (χ1) is 10.1. The van der Waals surface area contributed by atoms with E-state index in [2.05, 4.69) is 28.6 Å². The molecule has 3 aromatic rings. The monoisotopic (exact) mass is 336 g/mol. The molecule has 0 bridgehead atoms. The Kier molecular flexibility index (Phi) is 4.07. The molecule has 3 rings (SSSR count). The minimum atomic E-state index is 0.656. The minimum Gasteiger partial charge on any atom is -0.330 e. The van der Waals surface area contributed by atoms with Gasteiger partial charge in [-0.25, -0.2) is 0 Å². The van der Waals surface area contributed by atoms with E-state index in [-0.39, 0.29) is 0 Å². The quantitative estimate of drug-likeness (QED) is 0.621. The second-order valence-corrected chi connectivity index (χ2v) is 6.27. The molecule has 108 valence electrons. The van der Waals surface area contributed by atoms with E-state index in [1.807, 2.05) is 18.2 Å². The van der Waals surface area contributed by atoms with Gasteiger partial charge in [0, 0.05) is 16.6 Å². The van der Waals surface area contributed by atoms with Crippen LogP contribution in [0.1, 0.15) is 11.1 Å². The molecule has 5 heteroatoms. The predicted molar refractivity (Wildman–Crippen MR) is 92.0 cm³/mol. The van der Waals surface area contributed by atoms with Crippen LogP contribution in [-0.4, -0.2) is 9.55 Å². The van der Waals surface area contributed by atoms with Crippen molar-refractivity contribution in [3.63, 3.8) is 0 Å². The van der Waals surface area contributed by atoms with Crippen LogP contribution in [0.15, 0.2) is 36.4 Å². The molecule has 2 aromatic carbocycles. The maximum atomic E-state index is 6.23. The van der Waals surface area contributed by atoms with E-state index < -0.39 is 0 Å². The average Bonchev–Trinajstić information content (AvgIpc) is 2.76. The lowest BCUT2D eigenvalue weighted by molar-refractivity contribution is 0.706. The summed E-state index contributed by atoms with van der Waals surface area (Å²) in [6.07, 6.45) is 0.811. The molecule has 0 fully saturated rings. The molecule has 0 saturated carbocycles. The van der Waals surface area contributed by atoms with Crippen LogP contribution < -0.4 is 0 Å². The van der Waals surface area contributed by atoms with Gasteiger partial charge in [-0.3, -0.25) is 0 Å². The summed E-state index contributed by atoms with van der Waals surface area (Å²) in [5.74, 6) is 0. The number of hydrogen-bond donors (Lipinski definition) is 1. The number of nitrogens with zero attached hydrogens (tertiary/aromatic N) is 1. The lowest BCUT2D eigenvalue weighted by Gasteiger charge is -2.07. The van der Waals surface area contributed by atoms with Crippen LogP contribution in [-0.2, 0) is 13.0 Å².